The zero-order chi connectivity index (χ0) is 17.8. The largest absolute Gasteiger partial charge is 0.380 e. The molecule has 7 heteroatoms. The van der Waals surface area contributed by atoms with Crippen LogP contribution in [-0.4, -0.2) is 36.0 Å². The van der Waals surface area contributed by atoms with E-state index in [1.54, 1.807) is 4.90 Å². The van der Waals surface area contributed by atoms with E-state index in [1.165, 1.54) is 12.1 Å². The van der Waals surface area contributed by atoms with E-state index in [2.05, 4.69) is 10.6 Å². The Balaban J connectivity index is 1.59. The van der Waals surface area contributed by atoms with Crippen LogP contribution in [0.3, 0.4) is 0 Å². The lowest BCUT2D eigenvalue weighted by Gasteiger charge is -2.18. The summed E-state index contributed by atoms with van der Waals surface area (Å²) in [6, 6.07) is 13.4. The van der Waals surface area contributed by atoms with E-state index in [4.69, 9.17) is 5.73 Å². The van der Waals surface area contributed by atoms with E-state index in [0.717, 1.165) is 18.2 Å². The number of amides is 3. The molecule has 3 rings (SSSR count). The summed E-state index contributed by atoms with van der Waals surface area (Å²) in [6.45, 7) is 1.17. The molecule has 2 aromatic carbocycles. The Hall–Kier alpha value is -3.09. The van der Waals surface area contributed by atoms with Crippen LogP contribution >= 0.6 is 0 Å². The zero-order valence-electron chi connectivity index (χ0n) is 13.5. The number of hydrogen-bond acceptors (Lipinski definition) is 3. The summed E-state index contributed by atoms with van der Waals surface area (Å²) in [7, 11) is 0. The number of nitrogens with one attached hydrogen (secondary N) is 2. The molecule has 1 atom stereocenters. The number of benzene rings is 2. The second-order valence-corrected chi connectivity index (χ2v) is 5.93. The number of carbonyl (C=O) groups excluding carboxylic acids is 2. The average molecular weight is 342 g/mol. The Kier molecular flexibility index (Phi) is 4.83. The van der Waals surface area contributed by atoms with Crippen molar-refractivity contribution in [1.82, 2.24) is 4.90 Å². The minimum absolute atomic E-state index is 0.169. The van der Waals surface area contributed by atoms with Crippen LogP contribution in [-0.2, 0) is 0 Å². The predicted molar refractivity (Wildman–Crippen MR) is 94.0 cm³/mol. The smallest absolute Gasteiger partial charge is 0.321 e. The van der Waals surface area contributed by atoms with Crippen molar-refractivity contribution in [3.63, 3.8) is 0 Å². The van der Waals surface area contributed by atoms with Crippen molar-refractivity contribution < 1.29 is 14.0 Å². The van der Waals surface area contributed by atoms with Gasteiger partial charge in [0.2, 0.25) is 0 Å². The molecule has 2 aromatic rings. The van der Waals surface area contributed by atoms with Crippen molar-refractivity contribution in [3.05, 3.63) is 59.9 Å². The molecule has 1 aliphatic heterocycles. The van der Waals surface area contributed by atoms with Gasteiger partial charge in [-0.1, -0.05) is 18.2 Å². The molecular formula is C18H19FN4O2. The lowest BCUT2D eigenvalue weighted by atomic mass is 10.2. The van der Waals surface area contributed by atoms with Crippen molar-refractivity contribution in [2.24, 2.45) is 5.73 Å². The molecule has 0 aromatic heterocycles. The highest BCUT2D eigenvalue weighted by atomic mass is 19.1. The predicted octanol–water partition coefficient (Wildman–Crippen LogP) is 2.64. The van der Waals surface area contributed by atoms with Gasteiger partial charge in [0.05, 0.1) is 5.56 Å². The summed E-state index contributed by atoms with van der Waals surface area (Å²) in [5.41, 5.74) is 6.22. The van der Waals surface area contributed by atoms with Gasteiger partial charge in [0.25, 0.3) is 5.91 Å². The molecule has 0 saturated carbocycles. The van der Waals surface area contributed by atoms with E-state index >= 15 is 0 Å². The van der Waals surface area contributed by atoms with Gasteiger partial charge in [-0.15, -0.1) is 0 Å². The van der Waals surface area contributed by atoms with Crippen LogP contribution in [0.1, 0.15) is 16.8 Å². The molecule has 1 saturated heterocycles. The van der Waals surface area contributed by atoms with Crippen LogP contribution in [0.2, 0.25) is 0 Å². The van der Waals surface area contributed by atoms with E-state index in [9.17, 15) is 14.0 Å². The number of hydrogen-bond donors (Lipinski definition) is 3. The molecule has 0 spiro atoms. The highest BCUT2D eigenvalue weighted by molar-refractivity contribution is 5.96. The first kappa shape index (κ1) is 16.8. The Morgan fingerprint density at radius 3 is 2.60 bits per heavy atom. The number of likely N-dealkylation sites (tertiary alicyclic amines) is 1. The summed E-state index contributed by atoms with van der Waals surface area (Å²) in [5.74, 6) is -1.58. The number of urea groups is 1. The van der Waals surface area contributed by atoms with E-state index in [0.29, 0.717) is 18.8 Å². The standard InChI is InChI=1S/C18H19FN4O2/c19-16-7-6-13(10-15(16)17(20)24)22-18(25)23-9-8-14(11-23)21-12-4-2-1-3-5-12/h1-7,10,14,21H,8-9,11H2,(H2,20,24)(H,22,25)/t14-/m1/s1. The SMILES string of the molecule is NC(=O)c1cc(NC(=O)N2CC[C@@H](Nc3ccccc3)C2)ccc1F. The molecule has 0 bridgehead atoms. The number of anilines is 2. The molecule has 0 aliphatic carbocycles. The average Bonchev–Trinajstić information content (AvgIpc) is 3.06. The Bertz CT molecular complexity index is 782. The third kappa shape index (κ3) is 4.06. The highest BCUT2D eigenvalue weighted by Crippen LogP contribution is 2.18. The van der Waals surface area contributed by atoms with E-state index in [-0.39, 0.29) is 17.6 Å². The third-order valence-electron chi connectivity index (χ3n) is 4.10. The van der Waals surface area contributed by atoms with Crippen LogP contribution in [0, 0.1) is 5.82 Å². The topological polar surface area (TPSA) is 87.5 Å². The Morgan fingerprint density at radius 1 is 1.12 bits per heavy atom. The van der Waals surface area contributed by atoms with E-state index < -0.39 is 11.7 Å². The second kappa shape index (κ2) is 7.21. The first-order valence-corrected chi connectivity index (χ1v) is 8.00. The summed E-state index contributed by atoms with van der Waals surface area (Å²) >= 11 is 0. The van der Waals surface area contributed by atoms with Gasteiger partial charge in [-0.05, 0) is 36.8 Å². The maximum absolute atomic E-state index is 13.5. The summed E-state index contributed by atoms with van der Waals surface area (Å²) < 4.78 is 13.5. The number of rotatable bonds is 4. The molecule has 0 unspecified atom stereocenters. The molecule has 1 heterocycles. The number of carbonyl (C=O) groups is 2. The molecule has 1 fully saturated rings. The van der Waals surface area contributed by atoms with Crippen LogP contribution < -0.4 is 16.4 Å². The highest BCUT2D eigenvalue weighted by Gasteiger charge is 2.26. The molecule has 3 amide bonds. The maximum Gasteiger partial charge on any atom is 0.321 e. The fourth-order valence-electron chi connectivity index (χ4n) is 2.83. The molecule has 25 heavy (non-hydrogen) atoms. The number of nitrogens with two attached hydrogens (primary N) is 1. The maximum atomic E-state index is 13.5. The van der Waals surface area contributed by atoms with Gasteiger partial charge in [-0.25, -0.2) is 9.18 Å². The van der Waals surface area contributed by atoms with Crippen molar-refractivity contribution >= 4 is 23.3 Å². The number of nitrogens with zero attached hydrogens (tertiary/aromatic N) is 1. The Labute approximate surface area is 144 Å². The summed E-state index contributed by atoms with van der Waals surface area (Å²) in [6.07, 6.45) is 0.832. The molecule has 4 N–H and O–H groups in total. The number of halogens is 1. The molecule has 0 radical (unpaired) electrons. The van der Waals surface area contributed by atoms with Crippen LogP contribution in [0.5, 0.6) is 0 Å². The molecule has 1 aliphatic rings. The number of primary amides is 1. The minimum atomic E-state index is -0.873. The van der Waals surface area contributed by atoms with Crippen LogP contribution in [0.25, 0.3) is 0 Å². The van der Waals surface area contributed by atoms with Crippen molar-refractivity contribution in [2.45, 2.75) is 12.5 Å². The van der Waals surface area contributed by atoms with Crippen LogP contribution in [0.4, 0.5) is 20.6 Å². The van der Waals surface area contributed by atoms with Gasteiger partial charge in [-0.3, -0.25) is 4.79 Å². The molecule has 130 valence electrons. The monoisotopic (exact) mass is 342 g/mol. The molecular weight excluding hydrogens is 323 g/mol. The first-order chi connectivity index (χ1) is 12.0. The van der Waals surface area contributed by atoms with Gasteiger partial charge in [0.1, 0.15) is 5.82 Å². The van der Waals surface area contributed by atoms with E-state index in [1.807, 2.05) is 30.3 Å². The summed E-state index contributed by atoms with van der Waals surface area (Å²) in [5, 5.41) is 6.06. The van der Waals surface area contributed by atoms with Crippen LogP contribution in [0.15, 0.2) is 48.5 Å². The van der Waals surface area contributed by atoms with Gasteiger partial charge in [0.15, 0.2) is 0 Å². The third-order valence-corrected chi connectivity index (χ3v) is 4.10. The Morgan fingerprint density at radius 2 is 1.88 bits per heavy atom. The zero-order valence-corrected chi connectivity index (χ0v) is 13.5. The van der Waals surface area contributed by atoms with Gasteiger partial charge < -0.3 is 21.3 Å². The molecule has 6 nitrogen and oxygen atoms in total. The lowest BCUT2D eigenvalue weighted by Crippen LogP contribution is -2.35. The number of para-hydroxylation sites is 1. The van der Waals surface area contributed by atoms with Gasteiger partial charge in [0, 0.05) is 30.5 Å². The van der Waals surface area contributed by atoms with Crippen molar-refractivity contribution in [3.8, 4) is 0 Å². The van der Waals surface area contributed by atoms with Crippen molar-refractivity contribution in [1.29, 1.82) is 0 Å². The lowest BCUT2D eigenvalue weighted by molar-refractivity contribution is 0.0996. The first-order valence-electron chi connectivity index (χ1n) is 8.00. The minimum Gasteiger partial charge on any atom is -0.380 e. The van der Waals surface area contributed by atoms with Gasteiger partial charge >= 0.3 is 6.03 Å². The second-order valence-electron chi connectivity index (χ2n) is 5.93. The van der Waals surface area contributed by atoms with Crippen molar-refractivity contribution in [2.75, 3.05) is 23.7 Å². The summed E-state index contributed by atoms with van der Waals surface area (Å²) in [4.78, 5) is 25.2. The quantitative estimate of drug-likeness (QED) is 0.798. The fourth-order valence-corrected chi connectivity index (χ4v) is 2.83. The normalized spacial score (nSPS) is 16.5. The fraction of sp³-hybridized carbons (Fsp3) is 0.222. The van der Waals surface area contributed by atoms with Gasteiger partial charge in [-0.2, -0.15) is 0 Å².